The third kappa shape index (κ3) is 7.26. The molecule has 1 saturated heterocycles. The van der Waals surface area contributed by atoms with Gasteiger partial charge < -0.3 is 14.6 Å². The summed E-state index contributed by atoms with van der Waals surface area (Å²) in [7, 11) is 0. The molecule has 1 N–H and O–H groups in total. The van der Waals surface area contributed by atoms with Gasteiger partial charge in [-0.15, -0.1) is 0 Å². The number of carbonyl (C=O) groups excluding carboxylic acids is 1. The van der Waals surface area contributed by atoms with Gasteiger partial charge in [-0.2, -0.15) is 0 Å². The summed E-state index contributed by atoms with van der Waals surface area (Å²) in [6.07, 6.45) is 2.36. The van der Waals surface area contributed by atoms with Crippen molar-refractivity contribution in [3.63, 3.8) is 0 Å². The molecular formula is C16H24O4. The molecule has 0 radical (unpaired) electrons. The van der Waals surface area contributed by atoms with E-state index in [1.807, 2.05) is 30.3 Å². The van der Waals surface area contributed by atoms with Gasteiger partial charge in [0, 0.05) is 12.7 Å². The molecule has 0 saturated carbocycles. The SMILES string of the molecule is CC(C)O.O=C(OCc1ccccc1)C1CCCCO1. The van der Waals surface area contributed by atoms with Gasteiger partial charge in [0.05, 0.1) is 0 Å². The van der Waals surface area contributed by atoms with Gasteiger partial charge in [-0.05, 0) is 38.7 Å². The Morgan fingerprint density at radius 2 is 2.00 bits per heavy atom. The summed E-state index contributed by atoms with van der Waals surface area (Å²) in [5, 5.41) is 8.06. The molecule has 0 aromatic heterocycles. The molecule has 0 aliphatic carbocycles. The predicted molar refractivity (Wildman–Crippen MR) is 77.2 cm³/mol. The minimum absolute atomic E-state index is 0.167. The van der Waals surface area contributed by atoms with Gasteiger partial charge in [0.15, 0.2) is 6.10 Å². The highest BCUT2D eigenvalue weighted by atomic mass is 16.6. The van der Waals surface area contributed by atoms with E-state index in [1.165, 1.54) is 0 Å². The number of benzene rings is 1. The fourth-order valence-electron chi connectivity index (χ4n) is 1.75. The number of carbonyl (C=O) groups is 1. The van der Waals surface area contributed by atoms with E-state index in [-0.39, 0.29) is 18.2 Å². The number of aliphatic hydroxyl groups excluding tert-OH is 1. The number of hydrogen-bond donors (Lipinski definition) is 1. The molecule has 0 spiro atoms. The second-order valence-electron chi connectivity index (χ2n) is 5.04. The van der Waals surface area contributed by atoms with E-state index in [1.54, 1.807) is 13.8 Å². The van der Waals surface area contributed by atoms with Crippen LogP contribution in [0.4, 0.5) is 0 Å². The first-order valence-electron chi connectivity index (χ1n) is 7.10. The minimum Gasteiger partial charge on any atom is -0.459 e. The second-order valence-corrected chi connectivity index (χ2v) is 5.04. The van der Waals surface area contributed by atoms with Crippen molar-refractivity contribution < 1.29 is 19.4 Å². The van der Waals surface area contributed by atoms with Gasteiger partial charge in [0.2, 0.25) is 0 Å². The molecule has 4 nitrogen and oxygen atoms in total. The molecule has 20 heavy (non-hydrogen) atoms. The van der Waals surface area contributed by atoms with Crippen LogP contribution in [0, 0.1) is 0 Å². The van der Waals surface area contributed by atoms with Crippen LogP contribution in [-0.4, -0.2) is 29.9 Å². The lowest BCUT2D eigenvalue weighted by Gasteiger charge is -2.20. The van der Waals surface area contributed by atoms with Gasteiger partial charge in [-0.1, -0.05) is 30.3 Å². The van der Waals surface area contributed by atoms with Crippen LogP contribution < -0.4 is 0 Å². The van der Waals surface area contributed by atoms with Gasteiger partial charge >= 0.3 is 5.97 Å². The Morgan fingerprint density at radius 1 is 1.35 bits per heavy atom. The largest absolute Gasteiger partial charge is 0.459 e. The third-order valence-corrected chi connectivity index (χ3v) is 2.67. The van der Waals surface area contributed by atoms with E-state index in [4.69, 9.17) is 14.6 Å². The predicted octanol–water partition coefficient (Wildman–Crippen LogP) is 2.69. The van der Waals surface area contributed by atoms with Crippen molar-refractivity contribution in [2.45, 2.75) is 51.9 Å². The summed E-state index contributed by atoms with van der Waals surface area (Å²) < 4.78 is 10.6. The van der Waals surface area contributed by atoms with E-state index in [0.717, 1.165) is 24.8 Å². The van der Waals surface area contributed by atoms with Crippen molar-refractivity contribution in [3.8, 4) is 0 Å². The van der Waals surface area contributed by atoms with E-state index in [0.29, 0.717) is 13.2 Å². The Kier molecular flexibility index (Phi) is 7.92. The number of ether oxygens (including phenoxy) is 2. The molecule has 1 heterocycles. The lowest BCUT2D eigenvalue weighted by atomic mass is 10.1. The van der Waals surface area contributed by atoms with Crippen LogP contribution in [0.3, 0.4) is 0 Å². The van der Waals surface area contributed by atoms with Crippen molar-refractivity contribution in [1.29, 1.82) is 0 Å². The summed E-state index contributed by atoms with van der Waals surface area (Å²) in [6, 6.07) is 9.68. The van der Waals surface area contributed by atoms with Gasteiger partial charge in [0.25, 0.3) is 0 Å². The Hall–Kier alpha value is -1.39. The smallest absolute Gasteiger partial charge is 0.335 e. The number of aliphatic hydroxyl groups is 1. The summed E-state index contributed by atoms with van der Waals surface area (Å²) in [5.41, 5.74) is 1.01. The topological polar surface area (TPSA) is 55.8 Å². The first-order chi connectivity index (χ1) is 9.59. The fourth-order valence-corrected chi connectivity index (χ4v) is 1.75. The van der Waals surface area contributed by atoms with Crippen LogP contribution >= 0.6 is 0 Å². The Morgan fingerprint density at radius 3 is 2.55 bits per heavy atom. The monoisotopic (exact) mass is 280 g/mol. The molecule has 1 aliphatic heterocycles. The molecule has 1 fully saturated rings. The van der Waals surface area contributed by atoms with Crippen LogP contribution in [0.1, 0.15) is 38.7 Å². The van der Waals surface area contributed by atoms with Crippen LogP contribution in [0.25, 0.3) is 0 Å². The van der Waals surface area contributed by atoms with Crippen LogP contribution in [0.15, 0.2) is 30.3 Å². The quantitative estimate of drug-likeness (QED) is 0.865. The molecule has 2 rings (SSSR count). The maximum Gasteiger partial charge on any atom is 0.335 e. The number of esters is 1. The molecule has 1 atom stereocenters. The molecule has 1 aromatic carbocycles. The van der Waals surface area contributed by atoms with Crippen LogP contribution in [0.2, 0.25) is 0 Å². The maximum atomic E-state index is 11.6. The first kappa shape index (κ1) is 16.7. The zero-order valence-corrected chi connectivity index (χ0v) is 12.2. The average Bonchev–Trinajstić information content (AvgIpc) is 2.46. The molecule has 112 valence electrons. The van der Waals surface area contributed by atoms with Crippen LogP contribution in [-0.2, 0) is 20.9 Å². The molecule has 1 aromatic rings. The van der Waals surface area contributed by atoms with E-state index in [9.17, 15) is 4.79 Å². The fraction of sp³-hybridized carbons (Fsp3) is 0.562. The average molecular weight is 280 g/mol. The van der Waals surface area contributed by atoms with Gasteiger partial charge in [-0.25, -0.2) is 4.79 Å². The number of rotatable bonds is 3. The molecular weight excluding hydrogens is 256 g/mol. The highest BCUT2D eigenvalue weighted by molar-refractivity contribution is 5.74. The normalized spacial score (nSPS) is 18.1. The molecule has 0 amide bonds. The Balaban J connectivity index is 0.000000444. The summed E-state index contributed by atoms with van der Waals surface area (Å²) >= 11 is 0. The molecule has 0 bridgehead atoms. The molecule has 4 heteroatoms. The Labute approximate surface area is 120 Å². The van der Waals surface area contributed by atoms with Crippen LogP contribution in [0.5, 0.6) is 0 Å². The lowest BCUT2D eigenvalue weighted by molar-refractivity contribution is -0.161. The highest BCUT2D eigenvalue weighted by Gasteiger charge is 2.23. The standard InChI is InChI=1S/C13H16O3.C3H8O/c14-13(12-8-4-5-9-15-12)16-10-11-6-2-1-3-7-11;1-3(2)4/h1-3,6-7,12H,4-5,8-10H2;3-4H,1-2H3. The second kappa shape index (κ2) is 9.50. The van der Waals surface area contributed by atoms with E-state index >= 15 is 0 Å². The Bertz CT molecular complexity index is 367. The van der Waals surface area contributed by atoms with Crippen molar-refractivity contribution >= 4 is 5.97 Å². The highest BCUT2D eigenvalue weighted by Crippen LogP contribution is 2.14. The van der Waals surface area contributed by atoms with Crippen molar-refractivity contribution in [1.82, 2.24) is 0 Å². The maximum absolute atomic E-state index is 11.6. The third-order valence-electron chi connectivity index (χ3n) is 2.67. The summed E-state index contributed by atoms with van der Waals surface area (Å²) in [5.74, 6) is -0.233. The van der Waals surface area contributed by atoms with Crippen molar-refractivity contribution in [2.24, 2.45) is 0 Å². The number of hydrogen-bond acceptors (Lipinski definition) is 4. The van der Waals surface area contributed by atoms with Crippen molar-refractivity contribution in [3.05, 3.63) is 35.9 Å². The van der Waals surface area contributed by atoms with E-state index in [2.05, 4.69) is 0 Å². The van der Waals surface area contributed by atoms with Gasteiger partial charge in [-0.3, -0.25) is 0 Å². The zero-order chi connectivity index (χ0) is 14.8. The lowest BCUT2D eigenvalue weighted by Crippen LogP contribution is -2.29. The first-order valence-corrected chi connectivity index (χ1v) is 7.10. The summed E-state index contributed by atoms with van der Waals surface area (Å²) in [6.45, 7) is 4.45. The minimum atomic E-state index is -0.350. The zero-order valence-electron chi connectivity index (χ0n) is 12.2. The van der Waals surface area contributed by atoms with E-state index < -0.39 is 0 Å². The summed E-state index contributed by atoms with van der Waals surface area (Å²) in [4.78, 5) is 11.6. The molecule has 1 aliphatic rings. The van der Waals surface area contributed by atoms with Gasteiger partial charge in [0.1, 0.15) is 6.61 Å². The molecule has 1 unspecified atom stereocenters. The van der Waals surface area contributed by atoms with Crippen molar-refractivity contribution in [2.75, 3.05) is 6.61 Å².